The van der Waals surface area contributed by atoms with Crippen molar-refractivity contribution < 1.29 is 13.9 Å². The van der Waals surface area contributed by atoms with Gasteiger partial charge in [0.2, 0.25) is 0 Å². The van der Waals surface area contributed by atoms with Gasteiger partial charge in [0.25, 0.3) is 5.91 Å². The number of hydrogen-bond donors (Lipinski definition) is 1. The Morgan fingerprint density at radius 1 is 1.10 bits per heavy atom. The minimum atomic E-state index is -0.0568. The summed E-state index contributed by atoms with van der Waals surface area (Å²) in [5, 5.41) is 3.46. The van der Waals surface area contributed by atoms with Crippen molar-refractivity contribution in [2.45, 2.75) is 26.5 Å². The summed E-state index contributed by atoms with van der Waals surface area (Å²) in [6.45, 7) is 6.93. The molecule has 1 aliphatic heterocycles. The lowest BCUT2D eigenvalue weighted by atomic mass is 10.1. The molecule has 1 N–H and O–H groups in total. The minimum absolute atomic E-state index is 0. The van der Waals surface area contributed by atoms with E-state index in [-0.39, 0.29) is 29.9 Å². The maximum Gasteiger partial charge on any atom is 0.289 e. The van der Waals surface area contributed by atoms with Gasteiger partial charge in [-0.15, -0.1) is 24.0 Å². The monoisotopic (exact) mass is 526 g/mol. The van der Waals surface area contributed by atoms with Gasteiger partial charge in [0, 0.05) is 46.4 Å². The van der Waals surface area contributed by atoms with Crippen molar-refractivity contribution in [3.05, 3.63) is 59.5 Å². The highest BCUT2D eigenvalue weighted by Crippen LogP contribution is 2.12. The van der Waals surface area contributed by atoms with E-state index in [0.29, 0.717) is 32.0 Å². The Bertz CT molecular complexity index is 802. The fourth-order valence-electron chi connectivity index (χ4n) is 3.38. The van der Waals surface area contributed by atoms with Crippen molar-refractivity contribution in [2.24, 2.45) is 4.99 Å². The Morgan fingerprint density at radius 2 is 1.80 bits per heavy atom. The molecule has 164 valence electrons. The summed E-state index contributed by atoms with van der Waals surface area (Å²) in [5.74, 6) is 1.18. The molecule has 30 heavy (non-hydrogen) atoms. The fourth-order valence-corrected chi connectivity index (χ4v) is 3.38. The number of hydrogen-bond acceptors (Lipinski definition) is 4. The Hall–Kier alpha value is -2.07. The van der Waals surface area contributed by atoms with E-state index in [4.69, 9.17) is 9.15 Å². The van der Waals surface area contributed by atoms with Crippen LogP contribution in [0.15, 0.2) is 52.1 Å². The molecule has 1 aromatic heterocycles. The number of benzene rings is 1. The third-order valence-electron chi connectivity index (χ3n) is 4.97. The van der Waals surface area contributed by atoms with Crippen molar-refractivity contribution in [2.75, 3.05) is 39.8 Å². The van der Waals surface area contributed by atoms with E-state index in [0.717, 1.165) is 32.1 Å². The van der Waals surface area contributed by atoms with Crippen molar-refractivity contribution in [3.8, 4) is 0 Å². The van der Waals surface area contributed by atoms with Gasteiger partial charge >= 0.3 is 0 Å². The largest absolute Gasteiger partial charge is 0.459 e. The lowest BCUT2D eigenvalue weighted by molar-refractivity contribution is 0.0657. The highest BCUT2D eigenvalue weighted by Gasteiger charge is 2.25. The van der Waals surface area contributed by atoms with Gasteiger partial charge < -0.3 is 24.3 Å². The van der Waals surface area contributed by atoms with E-state index in [1.807, 2.05) is 17.0 Å². The van der Waals surface area contributed by atoms with Gasteiger partial charge in [0.15, 0.2) is 11.7 Å². The van der Waals surface area contributed by atoms with Gasteiger partial charge in [-0.3, -0.25) is 9.79 Å². The van der Waals surface area contributed by atoms with Gasteiger partial charge in [-0.1, -0.05) is 31.2 Å². The number of nitrogens with one attached hydrogen (secondary N) is 1. The summed E-state index contributed by atoms with van der Waals surface area (Å²) in [5.41, 5.74) is 2.40. The lowest BCUT2D eigenvalue weighted by Crippen LogP contribution is -2.53. The summed E-state index contributed by atoms with van der Waals surface area (Å²) in [6.07, 6.45) is 2.54. The van der Waals surface area contributed by atoms with Crippen LogP contribution in [0, 0.1) is 0 Å². The molecule has 0 atom stereocenters. The molecule has 7 nitrogen and oxygen atoms in total. The van der Waals surface area contributed by atoms with Gasteiger partial charge in [0.1, 0.15) is 0 Å². The molecule has 0 spiro atoms. The summed E-state index contributed by atoms with van der Waals surface area (Å²) < 4.78 is 10.9. The zero-order chi connectivity index (χ0) is 20.5. The number of ether oxygens (including phenoxy) is 1. The van der Waals surface area contributed by atoms with Gasteiger partial charge in [-0.2, -0.15) is 0 Å². The molecule has 1 aromatic carbocycles. The molecule has 2 heterocycles. The Morgan fingerprint density at radius 3 is 2.43 bits per heavy atom. The second-order valence-electron chi connectivity index (χ2n) is 6.98. The van der Waals surface area contributed by atoms with E-state index >= 15 is 0 Å². The summed E-state index contributed by atoms with van der Waals surface area (Å²) in [7, 11) is 1.79. The molecule has 1 amide bonds. The van der Waals surface area contributed by atoms with E-state index in [2.05, 4.69) is 34.3 Å². The first-order valence-electron chi connectivity index (χ1n) is 10.2. The number of carbonyl (C=O) groups excluding carboxylic acids is 1. The number of rotatable bonds is 7. The standard InChI is InChI=1S/C22H30N4O3.HI/c1-3-14-28-17-19-8-5-4-7-18(19)16-24-22(23-2)26-12-10-25(11-13-26)21(27)20-9-6-15-29-20;/h4-9,15H,3,10-14,16-17H2,1-2H3,(H,23,24);1H. The number of piperazine rings is 1. The average Bonchev–Trinajstić information content (AvgIpc) is 3.30. The molecule has 0 bridgehead atoms. The van der Waals surface area contributed by atoms with Crippen LogP contribution in [0.5, 0.6) is 0 Å². The van der Waals surface area contributed by atoms with Gasteiger partial charge in [-0.05, 0) is 29.7 Å². The maximum atomic E-state index is 12.4. The van der Waals surface area contributed by atoms with Crippen LogP contribution < -0.4 is 5.32 Å². The van der Waals surface area contributed by atoms with Crippen LogP contribution in [0.3, 0.4) is 0 Å². The highest BCUT2D eigenvalue weighted by atomic mass is 127. The smallest absolute Gasteiger partial charge is 0.289 e. The normalized spacial score (nSPS) is 14.4. The molecule has 8 heteroatoms. The first-order chi connectivity index (χ1) is 14.2. The molecule has 0 unspecified atom stereocenters. The Kier molecular flexibility index (Phi) is 10.2. The van der Waals surface area contributed by atoms with Crippen LogP contribution in [-0.2, 0) is 17.9 Å². The lowest BCUT2D eigenvalue weighted by Gasteiger charge is -2.36. The predicted octanol–water partition coefficient (Wildman–Crippen LogP) is 3.36. The summed E-state index contributed by atoms with van der Waals surface area (Å²) in [6, 6.07) is 11.7. The first kappa shape index (κ1) is 24.2. The van der Waals surface area contributed by atoms with E-state index in [1.165, 1.54) is 17.4 Å². The molecule has 1 aliphatic rings. The summed E-state index contributed by atoms with van der Waals surface area (Å²) in [4.78, 5) is 20.9. The fraction of sp³-hybridized carbons (Fsp3) is 0.455. The quantitative estimate of drug-likeness (QED) is 0.260. The zero-order valence-corrected chi connectivity index (χ0v) is 20.0. The molecular formula is C22H31IN4O3. The van der Waals surface area contributed by atoms with Crippen LogP contribution in [0.25, 0.3) is 0 Å². The molecule has 1 saturated heterocycles. The molecule has 0 saturated carbocycles. The SMILES string of the molecule is CCCOCc1ccccc1CNC(=NC)N1CCN(C(=O)c2ccco2)CC1.I. The number of amides is 1. The van der Waals surface area contributed by atoms with Crippen LogP contribution in [0.2, 0.25) is 0 Å². The van der Waals surface area contributed by atoms with Crippen molar-refractivity contribution in [3.63, 3.8) is 0 Å². The number of furan rings is 1. The van der Waals surface area contributed by atoms with Crippen molar-refractivity contribution in [1.82, 2.24) is 15.1 Å². The zero-order valence-electron chi connectivity index (χ0n) is 17.7. The van der Waals surface area contributed by atoms with Crippen LogP contribution in [-0.4, -0.2) is 61.5 Å². The number of nitrogens with zero attached hydrogens (tertiary/aromatic N) is 3. The number of guanidine groups is 1. The third kappa shape index (κ3) is 6.46. The first-order valence-corrected chi connectivity index (χ1v) is 10.2. The molecular weight excluding hydrogens is 495 g/mol. The summed E-state index contributed by atoms with van der Waals surface area (Å²) >= 11 is 0. The molecule has 1 fully saturated rings. The molecule has 3 rings (SSSR count). The van der Waals surface area contributed by atoms with Gasteiger partial charge in [-0.25, -0.2) is 0 Å². The van der Waals surface area contributed by atoms with Crippen molar-refractivity contribution >= 4 is 35.8 Å². The predicted molar refractivity (Wildman–Crippen MR) is 128 cm³/mol. The molecule has 0 aliphatic carbocycles. The number of halogens is 1. The topological polar surface area (TPSA) is 70.3 Å². The van der Waals surface area contributed by atoms with Crippen LogP contribution >= 0.6 is 24.0 Å². The van der Waals surface area contributed by atoms with E-state index < -0.39 is 0 Å². The average molecular weight is 526 g/mol. The molecule has 2 aromatic rings. The van der Waals surface area contributed by atoms with E-state index in [9.17, 15) is 4.79 Å². The third-order valence-corrected chi connectivity index (χ3v) is 4.97. The second kappa shape index (κ2) is 12.6. The maximum absolute atomic E-state index is 12.4. The Balaban J connectivity index is 0.00000320. The number of carbonyl (C=O) groups is 1. The van der Waals surface area contributed by atoms with Gasteiger partial charge in [0.05, 0.1) is 12.9 Å². The highest BCUT2D eigenvalue weighted by molar-refractivity contribution is 14.0. The van der Waals surface area contributed by atoms with Crippen molar-refractivity contribution in [1.29, 1.82) is 0 Å². The Labute approximate surface area is 195 Å². The number of aliphatic imine (C=N–C) groups is 1. The van der Waals surface area contributed by atoms with Crippen LogP contribution in [0.1, 0.15) is 35.0 Å². The minimum Gasteiger partial charge on any atom is -0.459 e. The van der Waals surface area contributed by atoms with Crippen LogP contribution in [0.4, 0.5) is 0 Å². The molecule has 0 radical (unpaired) electrons. The van der Waals surface area contributed by atoms with E-state index in [1.54, 1.807) is 19.2 Å². The second-order valence-corrected chi connectivity index (χ2v) is 6.98.